The molecule has 55 heavy (non-hydrogen) atoms. The zero-order valence-corrected chi connectivity index (χ0v) is 30.9. The van der Waals surface area contributed by atoms with E-state index in [2.05, 4.69) is 49.4 Å². The Morgan fingerprint density at radius 2 is 1.16 bits per heavy atom. The Labute approximate surface area is 320 Å². The van der Waals surface area contributed by atoms with Crippen LogP contribution in [0.2, 0.25) is 0 Å². The summed E-state index contributed by atoms with van der Waals surface area (Å²) in [6.45, 7) is 5.22. The maximum Gasteiger partial charge on any atom is 0.282 e. The topological polar surface area (TPSA) is 192 Å². The highest BCUT2D eigenvalue weighted by molar-refractivity contribution is 6.05. The number of hydrogen-bond acceptors (Lipinski definition) is 11. The molecule has 0 fully saturated rings. The quantitative estimate of drug-likeness (QED) is 0.116. The van der Waals surface area contributed by atoms with E-state index in [0.29, 0.717) is 24.3 Å². The molecule has 5 aromatic rings. The largest absolute Gasteiger partial charge is 0.463 e. The summed E-state index contributed by atoms with van der Waals surface area (Å²) in [5, 5.41) is 5.86. The van der Waals surface area contributed by atoms with Crippen molar-refractivity contribution >= 4 is 35.2 Å². The van der Waals surface area contributed by atoms with Crippen LogP contribution >= 0.6 is 0 Å². The molecule has 0 spiro atoms. The Morgan fingerprint density at radius 3 is 1.64 bits per heavy atom. The SMILES string of the molecule is CC(C)c1cc(C(=O)Nc2ccc(CC[C@H]3COC(N)=N3)cc2)ccn1.NC1=N[C@@H](CCc2ccc(NC(=O)c3ccnc(-c4ccncc4)c3)cc2)CO1. The molecule has 3 aromatic heterocycles. The van der Waals surface area contributed by atoms with Crippen molar-refractivity contribution in [2.24, 2.45) is 21.5 Å². The van der Waals surface area contributed by atoms with Gasteiger partial charge in [0.25, 0.3) is 23.9 Å². The number of amidine groups is 2. The van der Waals surface area contributed by atoms with E-state index in [1.165, 1.54) is 11.1 Å². The molecule has 0 bridgehead atoms. The van der Waals surface area contributed by atoms with E-state index in [1.807, 2.05) is 66.7 Å². The zero-order chi connectivity index (χ0) is 38.6. The fourth-order valence-corrected chi connectivity index (χ4v) is 5.91. The predicted molar refractivity (Wildman–Crippen MR) is 214 cm³/mol. The number of amides is 2. The number of ether oxygens (including phenoxy) is 2. The molecule has 13 heteroatoms. The molecule has 2 atom stereocenters. The fraction of sp³-hybridized carbons (Fsp3) is 0.262. The standard InChI is InChI=1S/C22H21N5O2.C20H24N4O2/c23-22-27-19(14-29-22)6-3-15-1-4-18(5-2-15)26-21(28)17-9-12-25-20(13-17)16-7-10-24-11-8-16;1-13(2)18-11-15(9-10-22-18)19(25)23-16-6-3-14(4-7-16)5-8-17-12-26-20(21)24-17/h1-2,4-5,7-13,19H,3,6,14H2,(H2,23,27)(H,26,28);3-4,6-7,9-11,13,17H,5,8,12H2,1-2H3,(H2,21,24)(H,23,25)/t19-;17-/m00/s1. The van der Waals surface area contributed by atoms with Gasteiger partial charge in [-0.3, -0.25) is 24.5 Å². The number of hydrogen-bond donors (Lipinski definition) is 4. The number of pyridine rings is 3. The van der Waals surface area contributed by atoms with Gasteiger partial charge in [0.2, 0.25) is 0 Å². The summed E-state index contributed by atoms with van der Waals surface area (Å²) in [5.74, 6) is -0.0228. The molecule has 6 N–H and O–H groups in total. The van der Waals surface area contributed by atoms with Gasteiger partial charge in [-0.15, -0.1) is 0 Å². The minimum Gasteiger partial charge on any atom is -0.463 e. The summed E-state index contributed by atoms with van der Waals surface area (Å²) < 4.78 is 10.3. The van der Waals surface area contributed by atoms with E-state index in [9.17, 15) is 9.59 Å². The second-order valence-corrected chi connectivity index (χ2v) is 13.5. The summed E-state index contributed by atoms with van der Waals surface area (Å²) in [6, 6.07) is 27.3. The van der Waals surface area contributed by atoms with Crippen LogP contribution in [0.25, 0.3) is 11.3 Å². The second kappa shape index (κ2) is 18.4. The number of nitrogens with zero attached hydrogens (tertiary/aromatic N) is 5. The van der Waals surface area contributed by atoms with Crippen LogP contribution in [0.5, 0.6) is 0 Å². The van der Waals surface area contributed by atoms with E-state index in [-0.39, 0.29) is 41.9 Å². The van der Waals surface area contributed by atoms with Crippen molar-refractivity contribution in [1.82, 2.24) is 15.0 Å². The van der Waals surface area contributed by atoms with E-state index < -0.39 is 0 Å². The van der Waals surface area contributed by atoms with Crippen LogP contribution in [0, 0.1) is 0 Å². The molecule has 5 heterocycles. The molecule has 13 nitrogen and oxygen atoms in total. The number of benzene rings is 2. The number of nitrogens with two attached hydrogens (primary N) is 2. The smallest absolute Gasteiger partial charge is 0.282 e. The van der Waals surface area contributed by atoms with Crippen molar-refractivity contribution < 1.29 is 19.1 Å². The van der Waals surface area contributed by atoms with Crippen LogP contribution in [-0.4, -0.2) is 64.1 Å². The average molecular weight is 740 g/mol. The number of nitrogens with one attached hydrogen (secondary N) is 2. The molecule has 7 rings (SSSR count). The van der Waals surface area contributed by atoms with Crippen LogP contribution in [0.15, 0.2) is 120 Å². The highest BCUT2D eigenvalue weighted by atomic mass is 16.5. The van der Waals surface area contributed by atoms with Crippen LogP contribution in [0.4, 0.5) is 11.4 Å². The molecule has 2 aliphatic rings. The van der Waals surface area contributed by atoms with Crippen molar-refractivity contribution in [1.29, 1.82) is 0 Å². The average Bonchev–Trinajstić information content (AvgIpc) is 3.84. The molecule has 2 aliphatic heterocycles. The number of carbonyl (C=O) groups is 2. The third kappa shape index (κ3) is 11.2. The first-order valence-corrected chi connectivity index (χ1v) is 18.2. The molecule has 0 unspecified atom stereocenters. The lowest BCUT2D eigenvalue weighted by Crippen LogP contribution is -2.13. The summed E-state index contributed by atoms with van der Waals surface area (Å²) >= 11 is 0. The van der Waals surface area contributed by atoms with Crippen molar-refractivity contribution in [2.45, 2.75) is 57.5 Å². The minimum absolute atomic E-state index is 0.121. The molecule has 0 aliphatic carbocycles. The van der Waals surface area contributed by atoms with Gasteiger partial charge in [0.15, 0.2) is 0 Å². The molecular weight excluding hydrogens is 695 g/mol. The highest BCUT2D eigenvalue weighted by Gasteiger charge is 2.18. The van der Waals surface area contributed by atoms with E-state index in [0.717, 1.165) is 54.0 Å². The second-order valence-electron chi connectivity index (χ2n) is 13.5. The Morgan fingerprint density at radius 1 is 0.673 bits per heavy atom. The Kier molecular flexibility index (Phi) is 12.8. The lowest BCUT2D eigenvalue weighted by atomic mass is 10.1. The maximum absolute atomic E-state index is 12.6. The minimum atomic E-state index is -0.177. The van der Waals surface area contributed by atoms with E-state index >= 15 is 0 Å². The Bertz CT molecular complexity index is 2120. The third-order valence-electron chi connectivity index (χ3n) is 9.06. The van der Waals surface area contributed by atoms with Crippen LogP contribution in [0.3, 0.4) is 0 Å². The van der Waals surface area contributed by atoms with Gasteiger partial charge in [0, 0.05) is 58.5 Å². The summed E-state index contributed by atoms with van der Waals surface area (Å²) in [7, 11) is 0. The predicted octanol–water partition coefficient (Wildman–Crippen LogP) is 6.15. The van der Waals surface area contributed by atoms with Crippen molar-refractivity contribution in [3.05, 3.63) is 138 Å². The van der Waals surface area contributed by atoms with Gasteiger partial charge in [-0.25, -0.2) is 9.98 Å². The number of carbonyl (C=O) groups excluding carboxylic acids is 2. The van der Waals surface area contributed by atoms with Crippen LogP contribution in [-0.2, 0) is 22.3 Å². The number of rotatable bonds is 12. The van der Waals surface area contributed by atoms with Gasteiger partial charge in [-0.2, -0.15) is 0 Å². The molecule has 0 saturated carbocycles. The first-order valence-electron chi connectivity index (χ1n) is 18.2. The van der Waals surface area contributed by atoms with Gasteiger partial charge in [0.05, 0.1) is 17.8 Å². The lowest BCUT2D eigenvalue weighted by molar-refractivity contribution is 0.101. The fourth-order valence-electron chi connectivity index (χ4n) is 5.91. The Hall–Kier alpha value is -6.63. The monoisotopic (exact) mass is 739 g/mol. The van der Waals surface area contributed by atoms with Crippen molar-refractivity contribution in [2.75, 3.05) is 23.8 Å². The van der Waals surface area contributed by atoms with Crippen LogP contribution in [0.1, 0.15) is 70.1 Å². The van der Waals surface area contributed by atoms with Gasteiger partial charge in [-0.1, -0.05) is 38.1 Å². The number of anilines is 2. The lowest BCUT2D eigenvalue weighted by Gasteiger charge is -2.09. The number of aromatic nitrogens is 3. The molecule has 282 valence electrons. The van der Waals surface area contributed by atoms with Gasteiger partial charge in [-0.05, 0) is 103 Å². The number of aliphatic imine (C=N–C) groups is 2. The maximum atomic E-state index is 12.6. The summed E-state index contributed by atoms with van der Waals surface area (Å²) in [4.78, 5) is 46.1. The first kappa shape index (κ1) is 38.1. The Balaban J connectivity index is 0.000000188. The normalized spacial score (nSPS) is 15.8. The van der Waals surface area contributed by atoms with Crippen molar-refractivity contribution in [3.63, 3.8) is 0 Å². The molecular formula is C42H45N9O4. The molecule has 2 aromatic carbocycles. The third-order valence-corrected chi connectivity index (χ3v) is 9.06. The van der Waals surface area contributed by atoms with Gasteiger partial charge < -0.3 is 31.6 Å². The van der Waals surface area contributed by atoms with E-state index in [4.69, 9.17) is 20.9 Å². The zero-order valence-electron chi connectivity index (χ0n) is 30.9. The number of aryl methyl sites for hydroxylation is 2. The summed E-state index contributed by atoms with van der Waals surface area (Å²) in [6.07, 6.45) is 10.2. The summed E-state index contributed by atoms with van der Waals surface area (Å²) in [5.41, 5.74) is 18.6. The molecule has 2 amide bonds. The van der Waals surface area contributed by atoms with Gasteiger partial charge in [0.1, 0.15) is 13.2 Å². The van der Waals surface area contributed by atoms with Gasteiger partial charge >= 0.3 is 0 Å². The van der Waals surface area contributed by atoms with Crippen molar-refractivity contribution in [3.8, 4) is 11.3 Å². The van der Waals surface area contributed by atoms with E-state index in [1.54, 1.807) is 43.0 Å². The highest BCUT2D eigenvalue weighted by Crippen LogP contribution is 2.20. The molecule has 0 saturated heterocycles. The first-order chi connectivity index (χ1) is 26.7. The van der Waals surface area contributed by atoms with Crippen LogP contribution < -0.4 is 22.1 Å². The molecule has 0 radical (unpaired) electrons.